The SMILES string of the molecule is C[C@@H]1CCN(c2cc(-c3ccccc3O)nnc2N)CCN1c1nc(C#CCN2CC3CC2C3)ncc1F. The lowest BCUT2D eigenvalue weighted by atomic mass is 9.86. The molecule has 1 aliphatic carbocycles. The van der Waals surface area contributed by atoms with E-state index in [2.05, 4.69) is 48.7 Å². The monoisotopic (exact) mass is 514 g/mol. The van der Waals surface area contributed by atoms with Gasteiger partial charge >= 0.3 is 0 Å². The van der Waals surface area contributed by atoms with E-state index in [0.29, 0.717) is 55.1 Å². The first kappa shape index (κ1) is 24.4. The zero-order valence-corrected chi connectivity index (χ0v) is 21.4. The van der Waals surface area contributed by atoms with Gasteiger partial charge in [0.1, 0.15) is 5.75 Å². The number of hydrogen-bond donors (Lipinski definition) is 2. The maximum atomic E-state index is 14.9. The van der Waals surface area contributed by atoms with E-state index in [1.807, 2.05) is 17.0 Å². The van der Waals surface area contributed by atoms with Gasteiger partial charge in [0.2, 0.25) is 5.82 Å². The molecule has 3 aromatic rings. The summed E-state index contributed by atoms with van der Waals surface area (Å²) < 4.78 is 14.9. The molecule has 2 aromatic heterocycles. The van der Waals surface area contributed by atoms with Crippen molar-refractivity contribution in [2.75, 3.05) is 48.3 Å². The first-order valence-electron chi connectivity index (χ1n) is 13.1. The Hall–Kier alpha value is -3.97. The molecule has 1 aromatic carbocycles. The molecular weight excluding hydrogens is 483 g/mol. The Morgan fingerprint density at radius 1 is 1.16 bits per heavy atom. The van der Waals surface area contributed by atoms with Crippen LogP contribution in [0.4, 0.5) is 21.7 Å². The molecule has 3 N–H and O–H groups in total. The molecule has 0 amide bonds. The predicted molar refractivity (Wildman–Crippen MR) is 144 cm³/mol. The number of hydrogen-bond acceptors (Lipinski definition) is 9. The number of halogens is 1. The largest absolute Gasteiger partial charge is 0.507 e. The van der Waals surface area contributed by atoms with Crippen LogP contribution >= 0.6 is 0 Å². The van der Waals surface area contributed by atoms with Crippen LogP contribution in [0.15, 0.2) is 36.5 Å². The van der Waals surface area contributed by atoms with E-state index >= 15 is 0 Å². The highest BCUT2D eigenvalue weighted by Crippen LogP contribution is 2.40. The van der Waals surface area contributed by atoms with Gasteiger partial charge in [-0.2, -0.15) is 0 Å². The Labute approximate surface area is 221 Å². The summed E-state index contributed by atoms with van der Waals surface area (Å²) in [6.07, 6.45) is 4.56. The molecule has 4 aliphatic rings. The molecule has 3 aliphatic heterocycles. The number of anilines is 3. The molecule has 38 heavy (non-hydrogen) atoms. The van der Waals surface area contributed by atoms with Crippen molar-refractivity contribution < 1.29 is 9.50 Å². The number of nitrogens with two attached hydrogens (primary N) is 1. The molecule has 3 saturated heterocycles. The Balaban J connectivity index is 1.19. The summed E-state index contributed by atoms with van der Waals surface area (Å²) in [5.74, 6) is 7.68. The minimum atomic E-state index is -0.455. The van der Waals surface area contributed by atoms with E-state index in [1.165, 1.54) is 19.0 Å². The van der Waals surface area contributed by atoms with Gasteiger partial charge in [-0.1, -0.05) is 18.1 Å². The van der Waals surface area contributed by atoms with E-state index < -0.39 is 5.82 Å². The van der Waals surface area contributed by atoms with Gasteiger partial charge in [0.05, 0.1) is 24.1 Å². The fourth-order valence-corrected chi connectivity index (χ4v) is 5.74. The lowest BCUT2D eigenvalue weighted by molar-refractivity contribution is 0.268. The summed E-state index contributed by atoms with van der Waals surface area (Å²) in [5, 5.41) is 18.6. The number of benzene rings is 1. The van der Waals surface area contributed by atoms with Gasteiger partial charge in [0.15, 0.2) is 17.5 Å². The molecule has 0 spiro atoms. The first-order valence-corrected chi connectivity index (χ1v) is 13.1. The quantitative estimate of drug-likeness (QED) is 0.508. The number of aromatic nitrogens is 4. The van der Waals surface area contributed by atoms with Crippen LogP contribution in [-0.4, -0.2) is 75.0 Å². The van der Waals surface area contributed by atoms with Gasteiger partial charge in [0.25, 0.3) is 0 Å². The van der Waals surface area contributed by atoms with E-state index in [1.54, 1.807) is 18.2 Å². The normalized spacial score (nSPS) is 22.9. The van der Waals surface area contributed by atoms with E-state index in [4.69, 9.17) is 5.73 Å². The van der Waals surface area contributed by atoms with Crippen molar-refractivity contribution in [1.82, 2.24) is 25.1 Å². The van der Waals surface area contributed by atoms with Crippen molar-refractivity contribution in [3.63, 3.8) is 0 Å². The average molecular weight is 515 g/mol. The van der Waals surface area contributed by atoms with Crippen molar-refractivity contribution in [3.05, 3.63) is 48.2 Å². The van der Waals surface area contributed by atoms with Crippen LogP contribution in [0.3, 0.4) is 0 Å². The van der Waals surface area contributed by atoms with Crippen LogP contribution < -0.4 is 15.5 Å². The van der Waals surface area contributed by atoms with E-state index in [0.717, 1.165) is 24.6 Å². The van der Waals surface area contributed by atoms with Gasteiger partial charge in [-0.25, -0.2) is 14.4 Å². The third-order valence-electron chi connectivity index (χ3n) is 7.98. The number of fused-ring (bicyclic) bond motifs is 1. The molecule has 196 valence electrons. The van der Waals surface area contributed by atoms with Gasteiger partial charge in [-0.05, 0) is 56.2 Å². The van der Waals surface area contributed by atoms with Crippen LogP contribution in [0.2, 0.25) is 0 Å². The molecule has 1 atom stereocenters. The van der Waals surface area contributed by atoms with Crippen LogP contribution in [0.5, 0.6) is 5.75 Å². The van der Waals surface area contributed by atoms with Crippen molar-refractivity contribution in [2.45, 2.75) is 38.3 Å². The Kier molecular flexibility index (Phi) is 6.45. The molecule has 7 rings (SSSR count). The van der Waals surface area contributed by atoms with Gasteiger partial charge in [-0.3, -0.25) is 4.90 Å². The van der Waals surface area contributed by atoms with Gasteiger partial charge in [-0.15, -0.1) is 10.2 Å². The minimum absolute atomic E-state index is 0.0373. The maximum absolute atomic E-state index is 14.9. The Morgan fingerprint density at radius 2 is 2.00 bits per heavy atom. The molecule has 4 fully saturated rings. The predicted octanol–water partition coefficient (Wildman–Crippen LogP) is 2.91. The van der Waals surface area contributed by atoms with Crippen LogP contribution in [-0.2, 0) is 0 Å². The molecular formula is C28H31FN8O. The molecule has 0 radical (unpaired) electrons. The number of para-hydroxylation sites is 1. The molecule has 9 nitrogen and oxygen atoms in total. The van der Waals surface area contributed by atoms with Crippen molar-refractivity contribution >= 4 is 17.3 Å². The van der Waals surface area contributed by atoms with E-state index in [9.17, 15) is 9.50 Å². The molecule has 5 heterocycles. The molecule has 0 unspecified atom stereocenters. The third-order valence-corrected chi connectivity index (χ3v) is 7.98. The van der Waals surface area contributed by atoms with Crippen molar-refractivity contribution in [1.29, 1.82) is 0 Å². The van der Waals surface area contributed by atoms with Crippen molar-refractivity contribution in [3.8, 4) is 28.8 Å². The second kappa shape index (κ2) is 10.1. The summed E-state index contributed by atoms with van der Waals surface area (Å²) >= 11 is 0. The zero-order valence-electron chi connectivity index (χ0n) is 21.4. The second-order valence-corrected chi connectivity index (χ2v) is 10.4. The number of nitrogen functional groups attached to an aromatic ring is 1. The Morgan fingerprint density at radius 3 is 2.79 bits per heavy atom. The number of phenolic OH excluding ortho intramolecular Hbond substituents is 1. The minimum Gasteiger partial charge on any atom is -0.507 e. The topological polar surface area (TPSA) is 108 Å². The smallest absolute Gasteiger partial charge is 0.207 e. The molecule has 2 bridgehead atoms. The average Bonchev–Trinajstić information content (AvgIpc) is 3.43. The summed E-state index contributed by atoms with van der Waals surface area (Å²) in [4.78, 5) is 15.2. The zero-order chi connectivity index (χ0) is 26.2. The van der Waals surface area contributed by atoms with E-state index in [-0.39, 0.29) is 17.6 Å². The second-order valence-electron chi connectivity index (χ2n) is 10.4. The van der Waals surface area contributed by atoms with Crippen LogP contribution in [0.1, 0.15) is 32.0 Å². The highest BCUT2D eigenvalue weighted by atomic mass is 19.1. The highest BCUT2D eigenvalue weighted by molar-refractivity contribution is 5.74. The van der Waals surface area contributed by atoms with Crippen molar-refractivity contribution in [2.24, 2.45) is 5.92 Å². The summed E-state index contributed by atoms with van der Waals surface area (Å²) in [6.45, 7) is 5.72. The fourth-order valence-electron chi connectivity index (χ4n) is 5.74. The number of aromatic hydroxyl groups is 1. The summed E-state index contributed by atoms with van der Waals surface area (Å²) in [5.41, 5.74) is 8.09. The van der Waals surface area contributed by atoms with Crippen LogP contribution in [0.25, 0.3) is 11.3 Å². The van der Waals surface area contributed by atoms with Gasteiger partial charge in [0, 0.05) is 43.8 Å². The maximum Gasteiger partial charge on any atom is 0.207 e. The lowest BCUT2D eigenvalue weighted by Crippen LogP contribution is -2.36. The number of nitrogens with zero attached hydrogens (tertiary/aromatic N) is 7. The Bertz CT molecular complexity index is 1400. The molecule has 10 heteroatoms. The van der Waals surface area contributed by atoms with Crippen LogP contribution in [0, 0.1) is 23.6 Å². The summed E-state index contributed by atoms with van der Waals surface area (Å²) in [6, 6.07) is 9.56. The number of phenols is 1. The lowest BCUT2D eigenvalue weighted by Gasteiger charge is -2.28. The summed E-state index contributed by atoms with van der Waals surface area (Å²) in [7, 11) is 0. The highest BCUT2D eigenvalue weighted by Gasteiger charge is 2.41. The van der Waals surface area contributed by atoms with Gasteiger partial charge < -0.3 is 20.6 Å². The molecule has 1 saturated carbocycles. The standard InChI is InChI=1S/C28H31FN8O/c1-18-8-10-35(24-15-23(33-34-27(24)30)21-5-2-3-6-25(21)38)11-12-37(18)28-22(29)16-31-26(32-28)7-4-9-36-17-19-13-20(36)14-19/h2-3,5-6,15-16,18-20,38H,8-14,17H2,1H3,(H2,30,34)/t18-,19?,20?/m1/s1. The fraction of sp³-hybridized carbons (Fsp3) is 0.429. The number of rotatable bonds is 4. The first-order chi connectivity index (χ1) is 18.5. The third kappa shape index (κ3) is 4.70.